The van der Waals surface area contributed by atoms with Gasteiger partial charge < -0.3 is 4.90 Å². The van der Waals surface area contributed by atoms with E-state index in [0.717, 1.165) is 30.2 Å². The van der Waals surface area contributed by atoms with Gasteiger partial charge in [0.15, 0.2) is 0 Å². The lowest BCUT2D eigenvalue weighted by atomic mass is 10.1. The first kappa shape index (κ1) is 18.6. The Balaban J connectivity index is 0.00000127. The average Bonchev–Trinajstić information content (AvgIpc) is 2.62. The number of hydrogen-bond donors (Lipinski definition) is 0. The van der Waals surface area contributed by atoms with E-state index in [1.54, 1.807) is 0 Å². The van der Waals surface area contributed by atoms with Gasteiger partial charge in [0.1, 0.15) is 5.84 Å². The Hall–Kier alpha value is -2.42. The molecule has 2 aromatic rings. The van der Waals surface area contributed by atoms with Crippen LogP contribution >= 0.6 is 0 Å². The van der Waals surface area contributed by atoms with Crippen molar-refractivity contribution < 1.29 is 0 Å². The summed E-state index contributed by atoms with van der Waals surface area (Å²) in [4.78, 5) is 10.9. The number of benzene rings is 2. The van der Waals surface area contributed by atoms with E-state index >= 15 is 0 Å². The lowest BCUT2D eigenvalue weighted by Gasteiger charge is -2.22. The van der Waals surface area contributed by atoms with Crippen LogP contribution in [-0.4, -0.2) is 31.0 Å². The molecule has 0 aliphatic rings. The van der Waals surface area contributed by atoms with Crippen LogP contribution in [0.25, 0.3) is 0 Å². The number of nitrogens with zero attached hydrogens (tertiary/aromatic N) is 3. The van der Waals surface area contributed by atoms with E-state index in [1.807, 2.05) is 51.1 Å². The Kier molecular flexibility index (Phi) is 8.37. The van der Waals surface area contributed by atoms with Crippen LogP contribution in [0.2, 0.25) is 0 Å². The molecular formula is C20H27N3. The van der Waals surface area contributed by atoms with Crippen molar-refractivity contribution in [3.8, 4) is 0 Å². The fraction of sp³-hybridized carbons (Fsp3) is 0.300. The number of amidine groups is 1. The van der Waals surface area contributed by atoms with Gasteiger partial charge in [-0.1, -0.05) is 56.3 Å². The van der Waals surface area contributed by atoms with E-state index < -0.39 is 0 Å². The van der Waals surface area contributed by atoms with Gasteiger partial charge in [0.2, 0.25) is 0 Å². The van der Waals surface area contributed by atoms with Crippen molar-refractivity contribution in [1.29, 1.82) is 0 Å². The first-order valence-corrected chi connectivity index (χ1v) is 8.12. The van der Waals surface area contributed by atoms with Crippen molar-refractivity contribution in [3.05, 3.63) is 65.7 Å². The summed E-state index contributed by atoms with van der Waals surface area (Å²) in [6.07, 6.45) is 0. The summed E-state index contributed by atoms with van der Waals surface area (Å²) in [6.45, 7) is 11.2. The Bertz CT molecular complexity index is 618. The summed E-state index contributed by atoms with van der Waals surface area (Å²) in [5, 5.41) is 0. The summed E-state index contributed by atoms with van der Waals surface area (Å²) >= 11 is 0. The molecule has 0 aliphatic heterocycles. The van der Waals surface area contributed by atoms with E-state index in [9.17, 15) is 0 Å². The molecule has 0 heterocycles. The minimum absolute atomic E-state index is 0.736. The molecule has 0 unspecified atom stereocenters. The summed E-state index contributed by atoms with van der Waals surface area (Å²) in [6, 6.07) is 18.4. The van der Waals surface area contributed by atoms with Gasteiger partial charge in [-0.3, -0.25) is 9.98 Å². The molecule has 0 saturated carbocycles. The molecule has 0 atom stereocenters. The number of rotatable bonds is 5. The molecule has 0 amide bonds. The Morgan fingerprint density at radius 1 is 1.00 bits per heavy atom. The van der Waals surface area contributed by atoms with Gasteiger partial charge in [0.25, 0.3) is 0 Å². The van der Waals surface area contributed by atoms with Gasteiger partial charge in [-0.2, -0.15) is 0 Å². The van der Waals surface area contributed by atoms with Gasteiger partial charge in [-0.15, -0.1) is 0 Å². The van der Waals surface area contributed by atoms with Gasteiger partial charge in [0.05, 0.1) is 5.69 Å². The van der Waals surface area contributed by atoms with Crippen molar-refractivity contribution >= 4 is 18.2 Å². The summed E-state index contributed by atoms with van der Waals surface area (Å²) < 4.78 is 0. The standard InChI is InChI=1S/C18H21N3.C2H6/c1-4-20-18(16-12-8-9-13-17(16)19-2)21(3)14-15-10-6-5-7-11-15;1-2/h5-13H,2,4,14H2,1,3H3;1-2H3. The first-order chi connectivity index (χ1) is 11.3. The van der Waals surface area contributed by atoms with Gasteiger partial charge in [0, 0.05) is 25.7 Å². The normalized spacial score (nSPS) is 10.5. The lowest BCUT2D eigenvalue weighted by Crippen LogP contribution is -2.27. The Morgan fingerprint density at radius 3 is 2.22 bits per heavy atom. The maximum Gasteiger partial charge on any atom is 0.133 e. The van der Waals surface area contributed by atoms with Crippen LogP contribution in [0.3, 0.4) is 0 Å². The minimum Gasteiger partial charge on any atom is -0.355 e. The van der Waals surface area contributed by atoms with Crippen LogP contribution in [0.4, 0.5) is 5.69 Å². The van der Waals surface area contributed by atoms with Crippen LogP contribution in [0.1, 0.15) is 31.9 Å². The third-order valence-electron chi connectivity index (χ3n) is 3.25. The van der Waals surface area contributed by atoms with Crippen molar-refractivity contribution in [3.63, 3.8) is 0 Å². The molecule has 0 bridgehead atoms. The largest absolute Gasteiger partial charge is 0.355 e. The van der Waals surface area contributed by atoms with Crippen LogP contribution < -0.4 is 0 Å². The quantitative estimate of drug-likeness (QED) is 0.567. The van der Waals surface area contributed by atoms with Crippen LogP contribution in [0.5, 0.6) is 0 Å². The fourth-order valence-corrected chi connectivity index (χ4v) is 2.29. The third-order valence-corrected chi connectivity index (χ3v) is 3.25. The Morgan fingerprint density at radius 2 is 1.61 bits per heavy atom. The highest BCUT2D eigenvalue weighted by atomic mass is 15.2. The summed E-state index contributed by atoms with van der Waals surface area (Å²) in [5.41, 5.74) is 3.14. The molecule has 0 N–H and O–H groups in total. The predicted octanol–water partition coefficient (Wildman–Crippen LogP) is 4.94. The molecule has 0 aromatic heterocycles. The number of para-hydroxylation sites is 1. The van der Waals surface area contributed by atoms with Crippen molar-refractivity contribution in [1.82, 2.24) is 4.90 Å². The molecule has 23 heavy (non-hydrogen) atoms. The predicted molar refractivity (Wildman–Crippen MR) is 102 cm³/mol. The average molecular weight is 309 g/mol. The minimum atomic E-state index is 0.736. The molecule has 0 spiro atoms. The molecule has 0 saturated heterocycles. The zero-order valence-corrected chi connectivity index (χ0v) is 14.7. The molecule has 2 aromatic carbocycles. The second-order valence-corrected chi connectivity index (χ2v) is 4.81. The SMILES string of the molecule is C=Nc1ccccc1C(=NCC)N(C)Cc1ccccc1.CC. The fourth-order valence-electron chi connectivity index (χ4n) is 2.29. The van der Waals surface area contributed by atoms with E-state index in [0.29, 0.717) is 0 Å². The van der Waals surface area contributed by atoms with E-state index in [-0.39, 0.29) is 0 Å². The van der Waals surface area contributed by atoms with Crippen molar-refractivity contribution in [2.24, 2.45) is 9.98 Å². The van der Waals surface area contributed by atoms with Gasteiger partial charge in [-0.05, 0) is 31.3 Å². The van der Waals surface area contributed by atoms with Gasteiger partial charge >= 0.3 is 0 Å². The first-order valence-electron chi connectivity index (χ1n) is 8.12. The second kappa shape index (κ2) is 10.3. The smallest absolute Gasteiger partial charge is 0.133 e. The van der Waals surface area contributed by atoms with Crippen molar-refractivity contribution in [2.45, 2.75) is 27.3 Å². The molecule has 122 valence electrons. The van der Waals surface area contributed by atoms with E-state index in [4.69, 9.17) is 0 Å². The zero-order valence-electron chi connectivity index (χ0n) is 14.7. The number of aliphatic imine (C=N–C) groups is 2. The third kappa shape index (κ3) is 5.37. The van der Waals surface area contributed by atoms with Crippen LogP contribution in [0, 0.1) is 0 Å². The van der Waals surface area contributed by atoms with Crippen LogP contribution in [0.15, 0.2) is 64.6 Å². The topological polar surface area (TPSA) is 28.0 Å². The molecule has 0 radical (unpaired) electrons. The van der Waals surface area contributed by atoms with Gasteiger partial charge in [-0.25, -0.2) is 0 Å². The maximum absolute atomic E-state index is 4.65. The van der Waals surface area contributed by atoms with E-state index in [2.05, 4.69) is 52.9 Å². The molecular weight excluding hydrogens is 282 g/mol. The molecule has 0 aliphatic carbocycles. The maximum atomic E-state index is 4.65. The molecule has 0 fully saturated rings. The second-order valence-electron chi connectivity index (χ2n) is 4.81. The summed E-state index contributed by atoms with van der Waals surface area (Å²) in [7, 11) is 2.06. The Labute approximate surface area is 140 Å². The molecule has 2 rings (SSSR count). The molecule has 3 nitrogen and oxygen atoms in total. The van der Waals surface area contributed by atoms with Crippen molar-refractivity contribution in [2.75, 3.05) is 13.6 Å². The zero-order chi connectivity index (χ0) is 17.1. The molecule has 3 heteroatoms. The van der Waals surface area contributed by atoms with Crippen LogP contribution in [-0.2, 0) is 6.54 Å². The lowest BCUT2D eigenvalue weighted by molar-refractivity contribution is 0.499. The monoisotopic (exact) mass is 309 g/mol. The van der Waals surface area contributed by atoms with E-state index in [1.165, 1.54) is 5.56 Å². The highest BCUT2D eigenvalue weighted by Crippen LogP contribution is 2.21. The number of hydrogen-bond acceptors (Lipinski definition) is 2. The highest BCUT2D eigenvalue weighted by Gasteiger charge is 2.13. The summed E-state index contributed by atoms with van der Waals surface area (Å²) in [5.74, 6) is 0.948. The highest BCUT2D eigenvalue weighted by molar-refractivity contribution is 6.03.